The Morgan fingerprint density at radius 2 is 2.00 bits per heavy atom. The van der Waals surface area contributed by atoms with Crippen molar-refractivity contribution < 1.29 is 19.4 Å². The van der Waals surface area contributed by atoms with Crippen LogP contribution in [0.25, 0.3) is 0 Å². The molecule has 2 atom stereocenters. The van der Waals surface area contributed by atoms with Gasteiger partial charge in [0.15, 0.2) is 0 Å². The molecule has 0 heterocycles. The number of carbonyl (C=O) groups excluding carboxylic acids is 1. The summed E-state index contributed by atoms with van der Waals surface area (Å²) in [5.74, 6) is -0.259. The van der Waals surface area contributed by atoms with Gasteiger partial charge in [0.05, 0.1) is 6.61 Å². The summed E-state index contributed by atoms with van der Waals surface area (Å²) in [5.41, 5.74) is 6.66. The van der Waals surface area contributed by atoms with Gasteiger partial charge in [-0.15, -0.1) is 0 Å². The summed E-state index contributed by atoms with van der Waals surface area (Å²) >= 11 is 0. The number of nitrogens with two attached hydrogens (primary N) is 1. The second-order valence-electron chi connectivity index (χ2n) is 4.38. The first-order valence-electron chi connectivity index (χ1n) is 6.34. The third kappa shape index (κ3) is 5.72. The lowest BCUT2D eigenvalue weighted by Gasteiger charge is -2.16. The Kier molecular flexibility index (Phi) is 6.32. The Morgan fingerprint density at radius 3 is 2.58 bits per heavy atom. The lowest BCUT2D eigenvalue weighted by Crippen LogP contribution is -2.37. The summed E-state index contributed by atoms with van der Waals surface area (Å²) in [6.07, 6.45) is 0.0684. The zero-order valence-electron chi connectivity index (χ0n) is 11.3. The lowest BCUT2D eigenvalue weighted by atomic mass is 10.1. The van der Waals surface area contributed by atoms with Crippen LogP contribution < -0.4 is 5.73 Å². The van der Waals surface area contributed by atoms with E-state index in [2.05, 4.69) is 0 Å². The van der Waals surface area contributed by atoms with Crippen LogP contribution in [0, 0.1) is 0 Å². The average molecular weight is 267 g/mol. The van der Waals surface area contributed by atoms with E-state index in [0.717, 1.165) is 5.56 Å². The smallest absolute Gasteiger partial charge is 0.323 e. The van der Waals surface area contributed by atoms with Crippen molar-refractivity contribution in [3.05, 3.63) is 29.8 Å². The fourth-order valence-electron chi connectivity index (χ4n) is 1.57. The molecule has 0 saturated carbocycles. The van der Waals surface area contributed by atoms with Crippen molar-refractivity contribution in [2.45, 2.75) is 32.4 Å². The van der Waals surface area contributed by atoms with E-state index >= 15 is 0 Å². The molecule has 0 amide bonds. The molecule has 1 unspecified atom stereocenters. The normalized spacial score (nSPS) is 13.8. The summed E-state index contributed by atoms with van der Waals surface area (Å²) in [6.45, 7) is 4.60. The van der Waals surface area contributed by atoms with Gasteiger partial charge in [-0.25, -0.2) is 0 Å². The van der Waals surface area contributed by atoms with Crippen molar-refractivity contribution in [2.75, 3.05) is 13.2 Å². The third-order valence-electron chi connectivity index (χ3n) is 2.57. The molecule has 0 spiro atoms. The molecular formula is C14H21NO4. The molecule has 1 rings (SSSR count). The number of esters is 1. The largest absolute Gasteiger partial charge is 0.508 e. The molecule has 19 heavy (non-hydrogen) atoms. The third-order valence-corrected chi connectivity index (χ3v) is 2.57. The van der Waals surface area contributed by atoms with Crippen molar-refractivity contribution >= 4 is 5.97 Å². The minimum absolute atomic E-state index is 0.185. The van der Waals surface area contributed by atoms with Gasteiger partial charge in [0.25, 0.3) is 0 Å². The predicted octanol–water partition coefficient (Wildman–Crippen LogP) is 1.23. The van der Waals surface area contributed by atoms with Gasteiger partial charge < -0.3 is 20.3 Å². The first kappa shape index (κ1) is 15.5. The van der Waals surface area contributed by atoms with E-state index < -0.39 is 12.0 Å². The van der Waals surface area contributed by atoms with Gasteiger partial charge in [-0.05, 0) is 38.0 Å². The maximum atomic E-state index is 11.7. The standard InChI is InChI=1S/C14H21NO4/c1-3-18-9-10(2)19-14(17)13(15)8-11-4-6-12(16)7-5-11/h4-7,10,13,16H,3,8-9,15H2,1-2H3/t10?,13-/m1/s1. The second-order valence-corrected chi connectivity index (χ2v) is 4.38. The first-order valence-corrected chi connectivity index (χ1v) is 6.34. The summed E-state index contributed by atoms with van der Waals surface area (Å²) in [4.78, 5) is 11.7. The van der Waals surface area contributed by atoms with Crippen LogP contribution >= 0.6 is 0 Å². The number of benzene rings is 1. The average Bonchev–Trinajstić information content (AvgIpc) is 2.39. The minimum atomic E-state index is -0.714. The van der Waals surface area contributed by atoms with Gasteiger partial charge in [-0.1, -0.05) is 12.1 Å². The van der Waals surface area contributed by atoms with E-state index in [1.54, 1.807) is 31.2 Å². The van der Waals surface area contributed by atoms with Crippen molar-refractivity contribution in [2.24, 2.45) is 5.73 Å². The summed E-state index contributed by atoms with van der Waals surface area (Å²) < 4.78 is 10.3. The zero-order chi connectivity index (χ0) is 14.3. The summed E-state index contributed by atoms with van der Waals surface area (Å²) in [6, 6.07) is 5.86. The maximum absolute atomic E-state index is 11.7. The van der Waals surface area contributed by atoms with Crippen LogP contribution in [-0.2, 0) is 20.7 Å². The number of ether oxygens (including phenoxy) is 2. The summed E-state index contributed by atoms with van der Waals surface area (Å²) in [7, 11) is 0. The highest BCUT2D eigenvalue weighted by Crippen LogP contribution is 2.11. The molecule has 106 valence electrons. The van der Waals surface area contributed by atoms with Crippen LogP contribution in [0.2, 0.25) is 0 Å². The van der Waals surface area contributed by atoms with Gasteiger partial charge in [0.1, 0.15) is 17.9 Å². The van der Waals surface area contributed by atoms with Gasteiger partial charge >= 0.3 is 5.97 Å². The number of rotatable bonds is 7. The lowest BCUT2D eigenvalue weighted by molar-refractivity contribution is -0.152. The number of phenols is 1. The highest BCUT2D eigenvalue weighted by Gasteiger charge is 2.18. The molecular weight excluding hydrogens is 246 g/mol. The zero-order valence-corrected chi connectivity index (χ0v) is 11.3. The Hall–Kier alpha value is -1.59. The number of hydrogen-bond donors (Lipinski definition) is 2. The molecule has 1 aromatic carbocycles. The molecule has 0 fully saturated rings. The molecule has 0 bridgehead atoms. The molecule has 5 heteroatoms. The maximum Gasteiger partial charge on any atom is 0.323 e. The van der Waals surface area contributed by atoms with Crippen LogP contribution in [0.1, 0.15) is 19.4 Å². The number of hydrogen-bond acceptors (Lipinski definition) is 5. The monoisotopic (exact) mass is 267 g/mol. The van der Waals surface area contributed by atoms with E-state index in [0.29, 0.717) is 19.6 Å². The molecule has 0 radical (unpaired) electrons. The minimum Gasteiger partial charge on any atom is -0.508 e. The molecule has 0 aliphatic carbocycles. The Labute approximate surface area is 113 Å². The highest BCUT2D eigenvalue weighted by molar-refractivity contribution is 5.76. The van der Waals surface area contributed by atoms with Gasteiger partial charge in [0, 0.05) is 6.61 Å². The van der Waals surface area contributed by atoms with Crippen LogP contribution in [0.3, 0.4) is 0 Å². The van der Waals surface area contributed by atoms with Gasteiger partial charge in [-0.2, -0.15) is 0 Å². The van der Waals surface area contributed by atoms with Crippen molar-refractivity contribution in [3.8, 4) is 5.75 Å². The Bertz CT molecular complexity index is 391. The molecule has 5 nitrogen and oxygen atoms in total. The molecule has 1 aromatic rings. The molecule has 3 N–H and O–H groups in total. The molecule has 0 aliphatic rings. The highest BCUT2D eigenvalue weighted by atomic mass is 16.6. The quantitative estimate of drug-likeness (QED) is 0.726. The van der Waals surface area contributed by atoms with Gasteiger partial charge in [-0.3, -0.25) is 4.79 Å². The van der Waals surface area contributed by atoms with E-state index in [4.69, 9.17) is 20.3 Å². The summed E-state index contributed by atoms with van der Waals surface area (Å²) in [5, 5.41) is 9.16. The van der Waals surface area contributed by atoms with Crippen LogP contribution in [0.15, 0.2) is 24.3 Å². The van der Waals surface area contributed by atoms with E-state index in [1.807, 2.05) is 6.92 Å². The SMILES string of the molecule is CCOCC(C)OC(=O)[C@H](N)Cc1ccc(O)cc1. The predicted molar refractivity (Wildman–Crippen MR) is 71.8 cm³/mol. The number of carbonyl (C=O) groups is 1. The van der Waals surface area contributed by atoms with Crippen molar-refractivity contribution in [3.63, 3.8) is 0 Å². The molecule has 0 aliphatic heterocycles. The van der Waals surface area contributed by atoms with Crippen LogP contribution in [0.4, 0.5) is 0 Å². The van der Waals surface area contributed by atoms with E-state index in [9.17, 15) is 4.79 Å². The van der Waals surface area contributed by atoms with E-state index in [1.165, 1.54) is 0 Å². The fraction of sp³-hybridized carbons (Fsp3) is 0.500. The molecule has 0 saturated heterocycles. The van der Waals surface area contributed by atoms with Crippen molar-refractivity contribution in [1.82, 2.24) is 0 Å². The van der Waals surface area contributed by atoms with Crippen LogP contribution in [-0.4, -0.2) is 36.4 Å². The van der Waals surface area contributed by atoms with Gasteiger partial charge in [0.2, 0.25) is 0 Å². The van der Waals surface area contributed by atoms with Crippen LogP contribution in [0.5, 0.6) is 5.75 Å². The number of aromatic hydroxyl groups is 1. The first-order chi connectivity index (χ1) is 9.02. The number of phenolic OH excluding ortho intramolecular Hbond substituents is 1. The second kappa shape index (κ2) is 7.76. The Morgan fingerprint density at radius 1 is 1.37 bits per heavy atom. The topological polar surface area (TPSA) is 81.8 Å². The van der Waals surface area contributed by atoms with E-state index in [-0.39, 0.29) is 11.9 Å². The molecule has 0 aromatic heterocycles. The van der Waals surface area contributed by atoms with Crippen molar-refractivity contribution in [1.29, 1.82) is 0 Å². The Balaban J connectivity index is 2.42. The fourth-order valence-corrected chi connectivity index (χ4v) is 1.57.